The van der Waals surface area contributed by atoms with Crippen molar-refractivity contribution in [1.82, 2.24) is 4.98 Å². The van der Waals surface area contributed by atoms with Crippen LogP contribution in [0.1, 0.15) is 19.4 Å². The Morgan fingerprint density at radius 3 is 2.90 bits per heavy atom. The Morgan fingerprint density at radius 1 is 1.40 bits per heavy atom. The van der Waals surface area contributed by atoms with Crippen LogP contribution >= 0.6 is 11.3 Å². The minimum Gasteiger partial charge on any atom is -0.388 e. The summed E-state index contributed by atoms with van der Waals surface area (Å²) in [6.45, 7) is 5.98. The zero-order valence-electron chi connectivity index (χ0n) is 11.6. The van der Waals surface area contributed by atoms with Crippen LogP contribution in [-0.4, -0.2) is 17.1 Å². The highest BCUT2D eigenvalue weighted by Gasteiger charge is 2.13. The van der Waals surface area contributed by atoms with Crippen molar-refractivity contribution in [3.8, 4) is 5.88 Å². The Bertz CT molecular complexity index is 596. The summed E-state index contributed by atoms with van der Waals surface area (Å²) in [5, 5.41) is 6.61. The molecule has 0 fully saturated rings. The van der Waals surface area contributed by atoms with Crippen molar-refractivity contribution >= 4 is 28.1 Å². The number of carbonyl (C=O) groups excluding carboxylic acids is 1. The van der Waals surface area contributed by atoms with E-state index in [-0.39, 0.29) is 6.04 Å². The van der Waals surface area contributed by atoms with E-state index in [2.05, 4.69) is 15.6 Å². The fraction of sp³-hybridized carbons (Fsp3) is 0.286. The van der Waals surface area contributed by atoms with E-state index in [9.17, 15) is 4.79 Å². The normalized spacial score (nSPS) is 10.4. The molecule has 0 unspecified atom stereocenters. The molecule has 1 aromatic heterocycles. The van der Waals surface area contributed by atoms with Gasteiger partial charge in [0.25, 0.3) is 5.88 Å². The monoisotopic (exact) mass is 291 g/mol. The van der Waals surface area contributed by atoms with E-state index < -0.39 is 6.09 Å². The number of aromatic nitrogens is 1. The summed E-state index contributed by atoms with van der Waals surface area (Å²) in [7, 11) is 0. The van der Waals surface area contributed by atoms with Gasteiger partial charge in [0, 0.05) is 11.7 Å². The molecule has 0 radical (unpaired) electrons. The van der Waals surface area contributed by atoms with Crippen LogP contribution < -0.4 is 15.4 Å². The molecule has 0 spiro atoms. The Hall–Kier alpha value is -2.08. The van der Waals surface area contributed by atoms with Gasteiger partial charge >= 0.3 is 6.09 Å². The van der Waals surface area contributed by atoms with Gasteiger partial charge in [-0.2, -0.15) is 0 Å². The molecule has 5 nitrogen and oxygen atoms in total. The maximum atomic E-state index is 11.8. The van der Waals surface area contributed by atoms with E-state index >= 15 is 0 Å². The average molecular weight is 291 g/mol. The molecule has 0 bridgehead atoms. The Balaban J connectivity index is 2.00. The number of thiazole rings is 1. The SMILES string of the molecule is Cc1cccc(NC(=O)Oc2ncsc2NC(C)C)c1. The lowest BCUT2D eigenvalue weighted by molar-refractivity contribution is 0.214. The number of aryl methyl sites for hydroxylation is 1. The van der Waals surface area contributed by atoms with Crippen LogP contribution in [0.3, 0.4) is 0 Å². The summed E-state index contributed by atoms with van der Waals surface area (Å²) in [5.41, 5.74) is 3.40. The first-order valence-corrected chi connectivity index (χ1v) is 7.18. The molecule has 6 heteroatoms. The van der Waals surface area contributed by atoms with Gasteiger partial charge in [-0.1, -0.05) is 12.1 Å². The van der Waals surface area contributed by atoms with E-state index in [0.29, 0.717) is 11.6 Å². The van der Waals surface area contributed by atoms with Crippen molar-refractivity contribution in [2.24, 2.45) is 0 Å². The van der Waals surface area contributed by atoms with Crippen LogP contribution in [0.4, 0.5) is 15.5 Å². The summed E-state index contributed by atoms with van der Waals surface area (Å²) in [4.78, 5) is 15.9. The third-order valence-electron chi connectivity index (χ3n) is 2.41. The second-order valence-corrected chi connectivity index (χ2v) is 5.52. The molecule has 2 rings (SSSR count). The molecule has 0 saturated heterocycles. The standard InChI is InChI=1S/C14H17N3O2S/c1-9(2)16-13-12(15-8-20-13)19-14(18)17-11-6-4-5-10(3)7-11/h4-9,16H,1-3H3,(H,17,18). The highest BCUT2D eigenvalue weighted by atomic mass is 32.1. The number of hydrogen-bond donors (Lipinski definition) is 2. The lowest BCUT2D eigenvalue weighted by Crippen LogP contribution is -2.18. The molecule has 0 saturated carbocycles. The molecular formula is C14H17N3O2S. The maximum Gasteiger partial charge on any atom is 0.418 e. The molecule has 1 amide bonds. The van der Waals surface area contributed by atoms with Gasteiger partial charge in [0.1, 0.15) is 0 Å². The third-order valence-corrected chi connectivity index (χ3v) is 3.15. The summed E-state index contributed by atoms with van der Waals surface area (Å²) in [6.07, 6.45) is -0.548. The molecule has 20 heavy (non-hydrogen) atoms. The highest BCUT2D eigenvalue weighted by molar-refractivity contribution is 7.14. The zero-order chi connectivity index (χ0) is 14.5. The van der Waals surface area contributed by atoms with Gasteiger partial charge in [-0.15, -0.1) is 11.3 Å². The van der Waals surface area contributed by atoms with Crippen molar-refractivity contribution < 1.29 is 9.53 Å². The molecule has 106 valence electrons. The number of nitrogens with one attached hydrogen (secondary N) is 2. The first-order chi connectivity index (χ1) is 9.54. The van der Waals surface area contributed by atoms with Gasteiger partial charge in [-0.3, -0.25) is 5.32 Å². The fourth-order valence-corrected chi connectivity index (χ4v) is 2.37. The molecule has 0 aliphatic rings. The molecule has 0 aliphatic carbocycles. The van der Waals surface area contributed by atoms with Crippen LogP contribution in [-0.2, 0) is 0 Å². The molecule has 0 aliphatic heterocycles. The average Bonchev–Trinajstić information content (AvgIpc) is 2.75. The lowest BCUT2D eigenvalue weighted by Gasteiger charge is -2.10. The van der Waals surface area contributed by atoms with Crippen molar-refractivity contribution in [2.75, 3.05) is 10.6 Å². The second kappa shape index (κ2) is 6.38. The first-order valence-electron chi connectivity index (χ1n) is 6.30. The predicted octanol–water partition coefficient (Wildman–Crippen LogP) is 3.88. The van der Waals surface area contributed by atoms with E-state index in [1.54, 1.807) is 5.51 Å². The van der Waals surface area contributed by atoms with Crippen LogP contribution in [0.15, 0.2) is 29.8 Å². The van der Waals surface area contributed by atoms with Crippen molar-refractivity contribution in [2.45, 2.75) is 26.8 Å². The summed E-state index contributed by atoms with van der Waals surface area (Å²) < 4.78 is 5.22. The molecule has 1 heterocycles. The lowest BCUT2D eigenvalue weighted by atomic mass is 10.2. The van der Waals surface area contributed by atoms with Crippen LogP contribution in [0.2, 0.25) is 0 Å². The number of carbonyl (C=O) groups is 1. The largest absolute Gasteiger partial charge is 0.418 e. The summed E-state index contributed by atoms with van der Waals surface area (Å²) >= 11 is 1.40. The van der Waals surface area contributed by atoms with Crippen molar-refractivity contribution in [3.05, 3.63) is 35.3 Å². The second-order valence-electron chi connectivity index (χ2n) is 4.67. The van der Waals surface area contributed by atoms with Crippen molar-refractivity contribution in [1.29, 1.82) is 0 Å². The first kappa shape index (κ1) is 14.3. The van der Waals surface area contributed by atoms with Crippen LogP contribution in [0.25, 0.3) is 0 Å². The molecular weight excluding hydrogens is 274 g/mol. The Labute approximate surface area is 122 Å². The number of amides is 1. The Morgan fingerprint density at radius 2 is 2.20 bits per heavy atom. The smallest absolute Gasteiger partial charge is 0.388 e. The minimum absolute atomic E-state index is 0.248. The van der Waals surface area contributed by atoms with E-state index in [1.807, 2.05) is 45.0 Å². The molecule has 2 N–H and O–H groups in total. The number of rotatable bonds is 4. The van der Waals surface area contributed by atoms with Crippen LogP contribution in [0.5, 0.6) is 5.88 Å². The molecule has 0 atom stereocenters. The Kier molecular flexibility index (Phi) is 4.57. The van der Waals surface area contributed by atoms with Crippen molar-refractivity contribution in [3.63, 3.8) is 0 Å². The van der Waals surface area contributed by atoms with Gasteiger partial charge in [0.2, 0.25) is 0 Å². The summed E-state index contributed by atoms with van der Waals surface area (Å²) in [5.74, 6) is 0.300. The predicted molar refractivity (Wildman–Crippen MR) is 81.7 cm³/mol. The van der Waals surface area contributed by atoms with E-state index in [1.165, 1.54) is 11.3 Å². The number of benzene rings is 1. The highest BCUT2D eigenvalue weighted by Crippen LogP contribution is 2.28. The van der Waals surface area contributed by atoms with E-state index in [4.69, 9.17) is 4.74 Å². The summed E-state index contributed by atoms with van der Waals surface area (Å²) in [6, 6.07) is 7.76. The van der Waals surface area contributed by atoms with Gasteiger partial charge in [0.15, 0.2) is 5.00 Å². The molecule has 2 aromatic rings. The van der Waals surface area contributed by atoms with Gasteiger partial charge in [-0.25, -0.2) is 9.78 Å². The number of anilines is 2. The quantitative estimate of drug-likeness (QED) is 0.897. The van der Waals surface area contributed by atoms with Gasteiger partial charge in [0.05, 0.1) is 5.51 Å². The van der Waals surface area contributed by atoms with E-state index in [0.717, 1.165) is 10.6 Å². The number of nitrogens with zero attached hydrogens (tertiary/aromatic N) is 1. The minimum atomic E-state index is -0.548. The van der Waals surface area contributed by atoms with Gasteiger partial charge in [-0.05, 0) is 38.5 Å². The zero-order valence-corrected chi connectivity index (χ0v) is 12.5. The molecule has 1 aromatic carbocycles. The third kappa shape index (κ3) is 3.96. The number of ether oxygens (including phenoxy) is 1. The number of hydrogen-bond acceptors (Lipinski definition) is 5. The van der Waals surface area contributed by atoms with Gasteiger partial charge < -0.3 is 10.1 Å². The van der Waals surface area contributed by atoms with Crippen LogP contribution in [0, 0.1) is 6.92 Å². The fourth-order valence-electron chi connectivity index (χ4n) is 1.62. The maximum absolute atomic E-state index is 11.8. The topological polar surface area (TPSA) is 63.2 Å².